The number of halogens is 3. The van der Waals surface area contributed by atoms with Gasteiger partial charge in [0.25, 0.3) is 0 Å². The van der Waals surface area contributed by atoms with Crippen molar-refractivity contribution in [2.45, 2.75) is 18.3 Å². The molecule has 1 saturated carbocycles. The number of amides is 1. The molecule has 1 aliphatic heterocycles. The molecule has 5 nitrogen and oxygen atoms in total. The lowest BCUT2D eigenvalue weighted by Gasteiger charge is -2.37. The van der Waals surface area contributed by atoms with E-state index in [1.807, 2.05) is 47.4 Å². The Balaban J connectivity index is 1.29. The highest BCUT2D eigenvalue weighted by molar-refractivity contribution is 6.43. The second kappa shape index (κ2) is 8.05. The fourth-order valence-corrected chi connectivity index (χ4v) is 4.69. The number of piperazine rings is 1. The third kappa shape index (κ3) is 3.79. The first-order chi connectivity index (χ1) is 15.0. The fraction of sp³-hybridized carbons (Fsp3) is 0.304. The van der Waals surface area contributed by atoms with Crippen LogP contribution in [0.15, 0.2) is 53.1 Å². The van der Waals surface area contributed by atoms with Crippen LogP contribution in [-0.4, -0.2) is 42.1 Å². The molecule has 8 heteroatoms. The molecule has 1 amide bonds. The van der Waals surface area contributed by atoms with Crippen molar-refractivity contribution in [2.75, 3.05) is 31.1 Å². The first kappa shape index (κ1) is 20.7. The molecule has 0 spiro atoms. The standard InChI is InChI=1S/C23H20Cl3N3O2/c24-16-6-4-15(5-7-16)19-14-20(27-31-19)23(8-9-23)22(30)29-12-10-28(11-13-29)18-3-1-2-17(25)21(18)26/h1-7,14H,8-13H2. The predicted octanol–water partition coefficient (Wildman–Crippen LogP) is 5.68. The Kier molecular flexibility index (Phi) is 5.37. The Bertz CT molecular complexity index is 1120. The number of hydrogen-bond donors (Lipinski definition) is 0. The summed E-state index contributed by atoms with van der Waals surface area (Å²) in [5.74, 6) is 0.770. The molecule has 1 saturated heterocycles. The molecule has 1 aromatic heterocycles. The molecular weight excluding hydrogens is 457 g/mol. The van der Waals surface area contributed by atoms with Gasteiger partial charge in [0, 0.05) is 42.8 Å². The van der Waals surface area contributed by atoms with Crippen molar-refractivity contribution < 1.29 is 9.32 Å². The third-order valence-corrected chi connectivity index (χ3v) is 7.19. The molecule has 5 rings (SSSR count). The van der Waals surface area contributed by atoms with Crippen molar-refractivity contribution in [1.82, 2.24) is 10.1 Å². The smallest absolute Gasteiger partial charge is 0.235 e. The Labute approximate surface area is 195 Å². The molecule has 3 aromatic rings. The summed E-state index contributed by atoms with van der Waals surface area (Å²) in [6, 6.07) is 14.9. The predicted molar refractivity (Wildman–Crippen MR) is 123 cm³/mol. The fourth-order valence-electron chi connectivity index (χ4n) is 4.15. The Morgan fingerprint density at radius 3 is 2.35 bits per heavy atom. The Hall–Kier alpha value is -2.21. The van der Waals surface area contributed by atoms with Gasteiger partial charge < -0.3 is 14.3 Å². The number of rotatable bonds is 4. The quantitative estimate of drug-likeness (QED) is 0.486. The number of anilines is 1. The number of aromatic nitrogens is 1. The molecule has 0 radical (unpaired) electrons. The summed E-state index contributed by atoms with van der Waals surface area (Å²) in [7, 11) is 0. The second-order valence-electron chi connectivity index (χ2n) is 8.02. The summed E-state index contributed by atoms with van der Waals surface area (Å²) >= 11 is 18.5. The van der Waals surface area contributed by atoms with Crippen LogP contribution < -0.4 is 4.90 Å². The maximum Gasteiger partial charge on any atom is 0.235 e. The molecule has 0 bridgehead atoms. The number of carbonyl (C=O) groups is 1. The van der Waals surface area contributed by atoms with Gasteiger partial charge in [-0.15, -0.1) is 0 Å². The van der Waals surface area contributed by atoms with Crippen molar-refractivity contribution in [1.29, 1.82) is 0 Å². The van der Waals surface area contributed by atoms with E-state index in [2.05, 4.69) is 10.1 Å². The summed E-state index contributed by atoms with van der Waals surface area (Å²) in [4.78, 5) is 17.5. The molecule has 0 atom stereocenters. The zero-order valence-corrected chi connectivity index (χ0v) is 18.9. The average molecular weight is 477 g/mol. The van der Waals surface area contributed by atoms with E-state index in [-0.39, 0.29) is 5.91 Å². The molecule has 0 N–H and O–H groups in total. The van der Waals surface area contributed by atoms with Crippen LogP contribution in [0.3, 0.4) is 0 Å². The molecule has 160 valence electrons. The van der Waals surface area contributed by atoms with E-state index in [1.165, 1.54) is 0 Å². The lowest BCUT2D eigenvalue weighted by Crippen LogP contribution is -2.51. The van der Waals surface area contributed by atoms with Gasteiger partial charge in [-0.3, -0.25) is 4.79 Å². The molecular formula is C23H20Cl3N3O2. The minimum atomic E-state index is -0.565. The summed E-state index contributed by atoms with van der Waals surface area (Å²) in [5, 5.41) is 6.01. The Morgan fingerprint density at radius 1 is 0.968 bits per heavy atom. The van der Waals surface area contributed by atoms with Crippen molar-refractivity contribution in [3.8, 4) is 11.3 Å². The van der Waals surface area contributed by atoms with Gasteiger partial charge in [-0.05, 0) is 49.2 Å². The van der Waals surface area contributed by atoms with Gasteiger partial charge in [0.1, 0.15) is 0 Å². The monoisotopic (exact) mass is 475 g/mol. The summed E-state index contributed by atoms with van der Waals surface area (Å²) in [6.07, 6.45) is 1.58. The minimum Gasteiger partial charge on any atom is -0.367 e. The molecule has 0 unspecified atom stereocenters. The summed E-state index contributed by atoms with van der Waals surface area (Å²) in [6.45, 7) is 2.67. The topological polar surface area (TPSA) is 49.6 Å². The first-order valence-corrected chi connectivity index (χ1v) is 11.3. The molecule has 31 heavy (non-hydrogen) atoms. The van der Waals surface area contributed by atoms with Gasteiger partial charge in [-0.1, -0.05) is 46.0 Å². The lowest BCUT2D eigenvalue weighted by atomic mass is 9.99. The molecule has 1 aliphatic carbocycles. The highest BCUT2D eigenvalue weighted by atomic mass is 35.5. The first-order valence-electron chi connectivity index (χ1n) is 10.2. The van der Waals surface area contributed by atoms with E-state index in [0.29, 0.717) is 52.7 Å². The van der Waals surface area contributed by atoms with E-state index in [4.69, 9.17) is 39.3 Å². The highest BCUT2D eigenvalue weighted by Crippen LogP contribution is 2.50. The SMILES string of the molecule is O=C(N1CCN(c2cccc(Cl)c2Cl)CC1)C1(c2cc(-c3ccc(Cl)cc3)on2)CC1. The molecule has 2 aliphatic rings. The van der Waals surface area contributed by atoms with Crippen molar-refractivity contribution in [3.05, 3.63) is 69.3 Å². The van der Waals surface area contributed by atoms with Crippen LogP contribution in [0.1, 0.15) is 18.5 Å². The van der Waals surface area contributed by atoms with E-state index < -0.39 is 5.41 Å². The number of nitrogens with zero attached hydrogens (tertiary/aromatic N) is 3. The normalized spacial score (nSPS) is 17.6. The number of carbonyl (C=O) groups excluding carboxylic acids is 1. The highest BCUT2D eigenvalue weighted by Gasteiger charge is 2.55. The third-order valence-electron chi connectivity index (χ3n) is 6.13. The van der Waals surface area contributed by atoms with Gasteiger partial charge in [0.05, 0.1) is 26.8 Å². The lowest BCUT2D eigenvalue weighted by molar-refractivity contribution is -0.134. The zero-order chi connectivity index (χ0) is 21.6. The zero-order valence-electron chi connectivity index (χ0n) is 16.7. The van der Waals surface area contributed by atoms with E-state index in [9.17, 15) is 4.79 Å². The molecule has 2 fully saturated rings. The summed E-state index contributed by atoms with van der Waals surface area (Å²) in [5.41, 5.74) is 1.94. The van der Waals surface area contributed by atoms with E-state index in [0.717, 1.165) is 24.1 Å². The van der Waals surface area contributed by atoms with Crippen LogP contribution in [0.2, 0.25) is 15.1 Å². The van der Waals surface area contributed by atoms with E-state index in [1.54, 1.807) is 6.07 Å². The van der Waals surface area contributed by atoms with Crippen molar-refractivity contribution in [2.24, 2.45) is 0 Å². The van der Waals surface area contributed by atoms with Crippen molar-refractivity contribution >= 4 is 46.4 Å². The van der Waals surface area contributed by atoms with Gasteiger partial charge in [0.2, 0.25) is 5.91 Å². The largest absolute Gasteiger partial charge is 0.367 e. The van der Waals surface area contributed by atoms with Crippen LogP contribution >= 0.6 is 34.8 Å². The van der Waals surface area contributed by atoms with Gasteiger partial charge in [0.15, 0.2) is 5.76 Å². The maximum absolute atomic E-state index is 13.4. The maximum atomic E-state index is 13.4. The van der Waals surface area contributed by atoms with Crippen LogP contribution in [-0.2, 0) is 10.2 Å². The van der Waals surface area contributed by atoms with Gasteiger partial charge in [-0.25, -0.2) is 0 Å². The van der Waals surface area contributed by atoms with Crippen LogP contribution in [0.5, 0.6) is 0 Å². The molecule has 2 aromatic carbocycles. The second-order valence-corrected chi connectivity index (χ2v) is 9.24. The number of benzene rings is 2. The van der Waals surface area contributed by atoms with Gasteiger partial charge >= 0.3 is 0 Å². The van der Waals surface area contributed by atoms with Crippen LogP contribution in [0.25, 0.3) is 11.3 Å². The van der Waals surface area contributed by atoms with Gasteiger partial charge in [-0.2, -0.15) is 0 Å². The van der Waals surface area contributed by atoms with Crippen LogP contribution in [0.4, 0.5) is 5.69 Å². The van der Waals surface area contributed by atoms with Crippen molar-refractivity contribution in [3.63, 3.8) is 0 Å². The van der Waals surface area contributed by atoms with Crippen LogP contribution in [0, 0.1) is 0 Å². The number of hydrogen-bond acceptors (Lipinski definition) is 4. The van der Waals surface area contributed by atoms with E-state index >= 15 is 0 Å². The summed E-state index contributed by atoms with van der Waals surface area (Å²) < 4.78 is 5.55. The Morgan fingerprint density at radius 2 is 1.68 bits per heavy atom. The average Bonchev–Trinajstić information content (AvgIpc) is 3.45. The minimum absolute atomic E-state index is 0.125. The molecule has 2 heterocycles.